The van der Waals surface area contributed by atoms with Crippen molar-refractivity contribution in [3.05, 3.63) is 81.8 Å². The van der Waals surface area contributed by atoms with E-state index in [0.717, 1.165) is 21.8 Å². The summed E-state index contributed by atoms with van der Waals surface area (Å²) in [6.07, 6.45) is 1.64. The Morgan fingerprint density at radius 3 is 2.57 bits per heavy atom. The van der Waals surface area contributed by atoms with Crippen molar-refractivity contribution in [1.29, 1.82) is 0 Å². The van der Waals surface area contributed by atoms with Crippen molar-refractivity contribution < 1.29 is 4.74 Å². The van der Waals surface area contributed by atoms with Gasteiger partial charge in [-0.3, -0.25) is 14.7 Å². The molecule has 1 aliphatic heterocycles. The van der Waals surface area contributed by atoms with Crippen molar-refractivity contribution >= 4 is 23.7 Å². The molecule has 0 radical (unpaired) electrons. The summed E-state index contributed by atoms with van der Waals surface area (Å²) in [5, 5.41) is 6.50. The van der Waals surface area contributed by atoms with Crippen LogP contribution in [0.15, 0.2) is 69.3 Å². The van der Waals surface area contributed by atoms with Crippen LogP contribution in [-0.2, 0) is 6.54 Å². The molecule has 0 saturated heterocycles. The molecule has 154 valence electrons. The number of rotatable bonds is 5. The zero-order valence-electron chi connectivity index (χ0n) is 17.0. The molecule has 2 N–H and O–H groups in total. The quantitative estimate of drug-likeness (QED) is 0.615. The number of benzene rings is 2. The van der Waals surface area contributed by atoms with E-state index in [0.29, 0.717) is 24.1 Å². The second-order valence-electron chi connectivity index (χ2n) is 6.89. The first-order valence-electron chi connectivity index (χ1n) is 9.52. The van der Waals surface area contributed by atoms with Gasteiger partial charge in [-0.2, -0.15) is 0 Å². The van der Waals surface area contributed by atoms with Gasteiger partial charge in [0.25, 0.3) is 5.56 Å². The number of nitrogens with zero attached hydrogens (tertiary/aromatic N) is 3. The van der Waals surface area contributed by atoms with Crippen molar-refractivity contribution in [1.82, 2.24) is 14.9 Å². The van der Waals surface area contributed by atoms with E-state index in [4.69, 9.17) is 4.74 Å². The summed E-state index contributed by atoms with van der Waals surface area (Å²) in [6, 6.07) is 17.4. The number of fused-ring (bicyclic) bond motifs is 1. The fourth-order valence-corrected chi connectivity index (χ4v) is 3.69. The Kier molecular flexibility index (Phi) is 5.76. The molecule has 0 amide bonds. The van der Waals surface area contributed by atoms with Crippen molar-refractivity contribution in [3.63, 3.8) is 0 Å². The Morgan fingerprint density at radius 1 is 1.17 bits per heavy atom. The van der Waals surface area contributed by atoms with Crippen LogP contribution in [0.4, 0.5) is 5.95 Å². The maximum atomic E-state index is 12.7. The molecule has 2 aromatic carbocycles. The molecule has 0 bridgehead atoms. The Bertz CT molecular complexity index is 1120. The van der Waals surface area contributed by atoms with Gasteiger partial charge in [0.1, 0.15) is 11.9 Å². The highest BCUT2D eigenvalue weighted by molar-refractivity contribution is 7.98. The van der Waals surface area contributed by atoms with Gasteiger partial charge >= 0.3 is 0 Å². The number of aromatic nitrogens is 2. The van der Waals surface area contributed by atoms with Gasteiger partial charge in [0.2, 0.25) is 5.95 Å². The number of thioether (sulfide) groups is 1. The molecule has 3 aromatic rings. The minimum atomic E-state index is -0.396. The molecule has 7 nitrogen and oxygen atoms in total. The summed E-state index contributed by atoms with van der Waals surface area (Å²) in [5.74, 6) is 1.86. The molecule has 0 saturated carbocycles. The predicted octanol–water partition coefficient (Wildman–Crippen LogP) is 3.40. The number of guanidine groups is 1. The molecule has 2 heterocycles. The highest BCUT2D eigenvalue weighted by Crippen LogP contribution is 2.24. The maximum Gasteiger partial charge on any atom is 0.257 e. The molecular formula is C22H23N5O2S. The normalized spacial score (nSPS) is 16.5. The monoisotopic (exact) mass is 421 g/mol. The smallest absolute Gasteiger partial charge is 0.257 e. The van der Waals surface area contributed by atoms with Gasteiger partial charge in [-0.25, -0.2) is 9.98 Å². The van der Waals surface area contributed by atoms with Crippen LogP contribution < -0.4 is 20.9 Å². The van der Waals surface area contributed by atoms with E-state index < -0.39 is 6.17 Å². The van der Waals surface area contributed by atoms with Gasteiger partial charge < -0.3 is 10.1 Å². The third-order valence-electron chi connectivity index (χ3n) is 4.85. The summed E-state index contributed by atoms with van der Waals surface area (Å²) in [7, 11) is 1.64. The third-order valence-corrected chi connectivity index (χ3v) is 5.60. The topological polar surface area (TPSA) is 80.5 Å². The molecule has 1 unspecified atom stereocenters. The van der Waals surface area contributed by atoms with Crippen LogP contribution in [0.3, 0.4) is 0 Å². The average molecular weight is 422 g/mol. The molecule has 30 heavy (non-hydrogen) atoms. The Balaban J connectivity index is 1.67. The number of anilines is 1. The minimum absolute atomic E-state index is 0.120. The predicted molar refractivity (Wildman–Crippen MR) is 120 cm³/mol. The maximum absolute atomic E-state index is 12.7. The van der Waals surface area contributed by atoms with Gasteiger partial charge in [0.15, 0.2) is 5.96 Å². The number of aryl methyl sites for hydroxylation is 1. The molecular weight excluding hydrogens is 398 g/mol. The zero-order chi connectivity index (χ0) is 21.1. The molecule has 1 aliphatic rings. The minimum Gasteiger partial charge on any atom is -0.497 e. The number of hydrogen-bond acceptors (Lipinski definition) is 5. The second-order valence-corrected chi connectivity index (χ2v) is 7.77. The molecule has 0 aliphatic carbocycles. The second kappa shape index (κ2) is 8.62. The van der Waals surface area contributed by atoms with Crippen molar-refractivity contribution in [2.24, 2.45) is 4.99 Å². The van der Waals surface area contributed by atoms with Gasteiger partial charge in [0, 0.05) is 16.7 Å². The van der Waals surface area contributed by atoms with Crippen LogP contribution in [-0.4, -0.2) is 28.9 Å². The van der Waals surface area contributed by atoms with Crippen LogP contribution in [0.25, 0.3) is 0 Å². The van der Waals surface area contributed by atoms with Gasteiger partial charge in [0.05, 0.1) is 13.7 Å². The van der Waals surface area contributed by atoms with Crippen LogP contribution in [0, 0.1) is 6.92 Å². The summed E-state index contributed by atoms with van der Waals surface area (Å²) < 4.78 is 6.82. The van der Waals surface area contributed by atoms with Gasteiger partial charge in [-0.05, 0) is 48.6 Å². The Morgan fingerprint density at radius 2 is 1.90 bits per heavy atom. The van der Waals surface area contributed by atoms with E-state index in [1.807, 2.05) is 61.7 Å². The number of aliphatic imine (C=N–C) groups is 1. The summed E-state index contributed by atoms with van der Waals surface area (Å²) in [5.41, 5.74) is 2.55. The standard InChI is InChI=1S/C22H23N5O2S/c1-14-12-19(28)27-20(16-6-10-18(30-3)11-7-16)25-21(26-22(27)24-14)23-13-15-4-8-17(29-2)9-5-15/h4-12,20H,13H2,1-3H3,(H2,23,24,25,26). The summed E-state index contributed by atoms with van der Waals surface area (Å²) >= 11 is 1.68. The number of ether oxygens (including phenoxy) is 1. The molecule has 0 spiro atoms. The van der Waals surface area contributed by atoms with E-state index in [1.165, 1.54) is 6.07 Å². The summed E-state index contributed by atoms with van der Waals surface area (Å²) in [4.78, 5) is 23.1. The largest absolute Gasteiger partial charge is 0.497 e. The highest BCUT2D eigenvalue weighted by atomic mass is 32.2. The lowest BCUT2D eigenvalue weighted by Gasteiger charge is -2.31. The molecule has 1 aromatic heterocycles. The van der Waals surface area contributed by atoms with Crippen molar-refractivity contribution in [2.75, 3.05) is 18.7 Å². The van der Waals surface area contributed by atoms with Gasteiger partial charge in [-0.15, -0.1) is 11.8 Å². The first-order chi connectivity index (χ1) is 14.6. The number of nitrogens with one attached hydrogen (secondary N) is 2. The van der Waals surface area contributed by atoms with E-state index in [2.05, 4.69) is 20.6 Å². The molecule has 1 atom stereocenters. The van der Waals surface area contributed by atoms with Crippen LogP contribution in [0.1, 0.15) is 23.0 Å². The van der Waals surface area contributed by atoms with E-state index in [9.17, 15) is 4.79 Å². The van der Waals surface area contributed by atoms with E-state index in [-0.39, 0.29) is 5.56 Å². The van der Waals surface area contributed by atoms with Gasteiger partial charge in [-0.1, -0.05) is 24.3 Å². The average Bonchev–Trinajstić information content (AvgIpc) is 2.77. The Labute approximate surface area is 179 Å². The lowest BCUT2D eigenvalue weighted by Crippen LogP contribution is -2.48. The first-order valence-corrected chi connectivity index (χ1v) is 10.7. The van der Waals surface area contributed by atoms with Crippen LogP contribution >= 0.6 is 11.8 Å². The Hall–Kier alpha value is -3.26. The fraction of sp³-hybridized carbons (Fsp3) is 0.227. The first kappa shape index (κ1) is 20.0. The highest BCUT2D eigenvalue weighted by Gasteiger charge is 2.26. The third kappa shape index (κ3) is 4.18. The lowest BCUT2D eigenvalue weighted by atomic mass is 10.1. The molecule has 8 heteroatoms. The zero-order valence-corrected chi connectivity index (χ0v) is 17.9. The summed E-state index contributed by atoms with van der Waals surface area (Å²) in [6.45, 7) is 2.29. The molecule has 4 rings (SSSR count). The van der Waals surface area contributed by atoms with Crippen LogP contribution in [0.2, 0.25) is 0 Å². The SMILES string of the molecule is COc1ccc(CN=C2Nc3nc(C)cc(=O)n3C(c3ccc(SC)cc3)N2)cc1. The van der Waals surface area contributed by atoms with Crippen LogP contribution in [0.5, 0.6) is 5.75 Å². The van der Waals surface area contributed by atoms with E-state index >= 15 is 0 Å². The van der Waals surface area contributed by atoms with Crippen molar-refractivity contribution in [3.8, 4) is 5.75 Å². The number of hydrogen-bond donors (Lipinski definition) is 2. The molecule has 0 fully saturated rings. The van der Waals surface area contributed by atoms with Crippen molar-refractivity contribution in [2.45, 2.75) is 24.5 Å². The lowest BCUT2D eigenvalue weighted by molar-refractivity contribution is 0.414. The number of methoxy groups -OCH3 is 1. The fourth-order valence-electron chi connectivity index (χ4n) is 3.28. The van der Waals surface area contributed by atoms with E-state index in [1.54, 1.807) is 23.4 Å².